The molecule has 0 atom stereocenters. The van der Waals surface area contributed by atoms with E-state index in [2.05, 4.69) is 42.9 Å². The van der Waals surface area contributed by atoms with Crippen LogP contribution in [0.5, 0.6) is 0 Å². The Bertz CT molecular complexity index is 1180. The second-order valence-corrected chi connectivity index (χ2v) is 6.71. The van der Waals surface area contributed by atoms with E-state index in [1.807, 2.05) is 30.6 Å². The molecule has 0 aliphatic heterocycles. The zero-order chi connectivity index (χ0) is 18.4. The minimum atomic E-state index is -0.163. The van der Waals surface area contributed by atoms with Gasteiger partial charge in [0.15, 0.2) is 5.65 Å². The Kier molecular flexibility index (Phi) is 3.72. The first-order chi connectivity index (χ1) is 12.5. The number of imidazole rings is 1. The summed E-state index contributed by atoms with van der Waals surface area (Å²) in [7, 11) is 1.73. The number of hydrogen-bond donors (Lipinski definition) is 1. The average molecular weight is 344 g/mol. The lowest BCUT2D eigenvalue weighted by atomic mass is 9.92. The molecule has 0 unspecified atom stereocenters. The Hall–Kier alpha value is -3.21. The zero-order valence-electron chi connectivity index (χ0n) is 15.3. The van der Waals surface area contributed by atoms with Crippen LogP contribution in [0.4, 0.5) is 0 Å². The smallest absolute Gasteiger partial charge is 0.304 e. The Morgan fingerprint density at radius 2 is 1.65 bits per heavy atom. The van der Waals surface area contributed by atoms with E-state index in [0.717, 1.165) is 44.6 Å². The van der Waals surface area contributed by atoms with Crippen LogP contribution < -0.4 is 5.69 Å². The van der Waals surface area contributed by atoms with Crippen molar-refractivity contribution in [2.24, 2.45) is 7.05 Å². The van der Waals surface area contributed by atoms with Crippen molar-refractivity contribution in [1.29, 1.82) is 0 Å². The van der Waals surface area contributed by atoms with Gasteiger partial charge in [-0.15, -0.1) is 0 Å². The number of hydrogen-bond acceptors (Lipinski definition) is 3. The number of nitrogens with zero attached hydrogens (tertiary/aromatic N) is 3. The van der Waals surface area contributed by atoms with Crippen molar-refractivity contribution < 1.29 is 0 Å². The number of rotatable bonds is 2. The van der Waals surface area contributed by atoms with Gasteiger partial charge in [0.1, 0.15) is 0 Å². The molecule has 1 aromatic carbocycles. The van der Waals surface area contributed by atoms with E-state index in [4.69, 9.17) is 4.98 Å². The normalized spacial score (nSPS) is 11.2. The molecule has 0 saturated carbocycles. The summed E-state index contributed by atoms with van der Waals surface area (Å²) in [4.78, 5) is 24.2. The molecule has 0 bridgehead atoms. The van der Waals surface area contributed by atoms with Gasteiger partial charge in [-0.1, -0.05) is 24.3 Å². The molecule has 0 fully saturated rings. The fraction of sp³-hybridized carbons (Fsp3) is 0.190. The van der Waals surface area contributed by atoms with Crippen LogP contribution in [0, 0.1) is 20.8 Å². The van der Waals surface area contributed by atoms with E-state index in [9.17, 15) is 4.79 Å². The molecule has 4 aromatic rings. The lowest BCUT2D eigenvalue weighted by Crippen LogP contribution is -2.12. The van der Waals surface area contributed by atoms with Crippen LogP contribution in [-0.2, 0) is 7.05 Å². The molecule has 0 saturated heterocycles. The van der Waals surface area contributed by atoms with Gasteiger partial charge in [-0.2, -0.15) is 0 Å². The second kappa shape index (κ2) is 5.95. The van der Waals surface area contributed by atoms with Gasteiger partial charge < -0.3 is 4.98 Å². The summed E-state index contributed by atoms with van der Waals surface area (Å²) in [6.45, 7) is 6.18. The average Bonchev–Trinajstić information content (AvgIpc) is 2.88. The summed E-state index contributed by atoms with van der Waals surface area (Å²) in [6, 6.07) is 10.2. The van der Waals surface area contributed by atoms with Gasteiger partial charge in [0.05, 0.1) is 11.2 Å². The summed E-state index contributed by atoms with van der Waals surface area (Å²) < 4.78 is 1.55. The van der Waals surface area contributed by atoms with E-state index < -0.39 is 0 Å². The first-order valence-electron chi connectivity index (χ1n) is 8.54. The molecule has 0 spiro atoms. The van der Waals surface area contributed by atoms with Gasteiger partial charge in [0.2, 0.25) is 0 Å². The van der Waals surface area contributed by atoms with Crippen molar-refractivity contribution in [2.75, 3.05) is 0 Å². The first-order valence-corrected chi connectivity index (χ1v) is 8.54. The molecule has 0 radical (unpaired) electrons. The predicted octanol–water partition coefficient (Wildman–Crippen LogP) is 3.92. The molecular formula is C21H20N4O. The van der Waals surface area contributed by atoms with Crippen LogP contribution in [0.3, 0.4) is 0 Å². The van der Waals surface area contributed by atoms with Gasteiger partial charge >= 0.3 is 5.69 Å². The van der Waals surface area contributed by atoms with Crippen molar-refractivity contribution in [3.8, 4) is 22.4 Å². The van der Waals surface area contributed by atoms with Crippen molar-refractivity contribution >= 4 is 11.2 Å². The third-order valence-corrected chi connectivity index (χ3v) is 4.86. The van der Waals surface area contributed by atoms with E-state index in [1.165, 1.54) is 0 Å². The number of aromatic amines is 1. The predicted molar refractivity (Wildman–Crippen MR) is 104 cm³/mol. The van der Waals surface area contributed by atoms with Crippen LogP contribution in [0.15, 0.2) is 47.5 Å². The first kappa shape index (κ1) is 16.3. The van der Waals surface area contributed by atoms with Gasteiger partial charge in [-0.3, -0.25) is 9.55 Å². The lowest BCUT2D eigenvalue weighted by molar-refractivity contribution is 0.879. The number of benzene rings is 1. The molecule has 4 rings (SSSR count). The molecule has 5 nitrogen and oxygen atoms in total. The van der Waals surface area contributed by atoms with E-state index >= 15 is 0 Å². The third kappa shape index (κ3) is 2.44. The van der Waals surface area contributed by atoms with E-state index in [0.29, 0.717) is 5.65 Å². The highest BCUT2D eigenvalue weighted by Gasteiger charge is 2.18. The highest BCUT2D eigenvalue weighted by atomic mass is 16.1. The second-order valence-electron chi connectivity index (χ2n) is 6.71. The van der Waals surface area contributed by atoms with Crippen molar-refractivity contribution in [2.45, 2.75) is 20.8 Å². The summed E-state index contributed by atoms with van der Waals surface area (Å²) in [5, 5.41) is 0. The Labute approximate surface area is 151 Å². The summed E-state index contributed by atoms with van der Waals surface area (Å²) >= 11 is 0. The molecular weight excluding hydrogens is 324 g/mol. The van der Waals surface area contributed by atoms with Crippen LogP contribution in [0.2, 0.25) is 0 Å². The van der Waals surface area contributed by atoms with Crippen molar-refractivity contribution in [1.82, 2.24) is 19.5 Å². The van der Waals surface area contributed by atoms with Gasteiger partial charge in [0, 0.05) is 30.6 Å². The minimum absolute atomic E-state index is 0.163. The van der Waals surface area contributed by atoms with Crippen LogP contribution in [0.1, 0.15) is 16.7 Å². The quantitative estimate of drug-likeness (QED) is 0.599. The molecule has 130 valence electrons. The molecule has 0 aliphatic rings. The number of pyridine rings is 2. The zero-order valence-corrected chi connectivity index (χ0v) is 15.3. The number of fused-ring (bicyclic) bond motifs is 1. The van der Waals surface area contributed by atoms with Gasteiger partial charge in [0.25, 0.3) is 0 Å². The summed E-state index contributed by atoms with van der Waals surface area (Å²) in [5.41, 5.74) is 8.59. The maximum Gasteiger partial charge on any atom is 0.327 e. The van der Waals surface area contributed by atoms with E-state index in [1.54, 1.807) is 11.6 Å². The van der Waals surface area contributed by atoms with Crippen LogP contribution in [-0.4, -0.2) is 19.5 Å². The third-order valence-electron chi connectivity index (χ3n) is 4.86. The highest BCUT2D eigenvalue weighted by Crippen LogP contribution is 2.37. The molecule has 3 aromatic heterocycles. The topological polar surface area (TPSA) is 63.6 Å². The van der Waals surface area contributed by atoms with Crippen molar-refractivity contribution in [3.63, 3.8) is 0 Å². The number of aryl methyl sites for hydroxylation is 4. The monoisotopic (exact) mass is 344 g/mol. The maximum atomic E-state index is 12.1. The molecule has 5 heteroatoms. The molecule has 1 N–H and O–H groups in total. The van der Waals surface area contributed by atoms with Gasteiger partial charge in [-0.25, -0.2) is 9.78 Å². The number of aromatic nitrogens is 4. The molecule has 0 amide bonds. The van der Waals surface area contributed by atoms with Crippen molar-refractivity contribution in [3.05, 3.63) is 69.9 Å². The SMILES string of the molecule is Cc1ccccc1-c1nc2c(cc1-c1c(C)cncc1C)[nH]c(=O)n2C. The fourth-order valence-electron chi connectivity index (χ4n) is 3.51. The van der Waals surface area contributed by atoms with Crippen LogP contribution in [0.25, 0.3) is 33.5 Å². The highest BCUT2D eigenvalue weighted by molar-refractivity contribution is 5.91. The Morgan fingerprint density at radius 1 is 0.962 bits per heavy atom. The molecule has 3 heterocycles. The lowest BCUT2D eigenvalue weighted by Gasteiger charge is -2.15. The van der Waals surface area contributed by atoms with E-state index in [-0.39, 0.29) is 5.69 Å². The Morgan fingerprint density at radius 3 is 2.35 bits per heavy atom. The molecule has 26 heavy (non-hydrogen) atoms. The number of H-pyrrole nitrogens is 1. The summed E-state index contributed by atoms with van der Waals surface area (Å²) in [5.74, 6) is 0. The Balaban J connectivity index is 2.16. The number of nitrogens with one attached hydrogen (secondary N) is 1. The maximum absolute atomic E-state index is 12.1. The molecule has 0 aliphatic carbocycles. The fourth-order valence-corrected chi connectivity index (χ4v) is 3.51. The largest absolute Gasteiger partial charge is 0.327 e. The van der Waals surface area contributed by atoms with Crippen LogP contribution >= 0.6 is 0 Å². The standard InChI is InChI=1S/C21H20N4O/c1-12-7-5-6-8-15(12)19-16(18-13(2)10-22-11-14(18)3)9-17-20(24-19)25(4)21(26)23-17/h5-11H,1-4H3,(H,23,26). The summed E-state index contributed by atoms with van der Waals surface area (Å²) in [6.07, 6.45) is 3.73. The van der Waals surface area contributed by atoms with Gasteiger partial charge in [-0.05, 0) is 49.1 Å². The minimum Gasteiger partial charge on any atom is -0.304 e.